The van der Waals surface area contributed by atoms with Crippen molar-refractivity contribution >= 4 is 11.3 Å². The van der Waals surface area contributed by atoms with E-state index in [4.69, 9.17) is 4.52 Å². The molecule has 6 nitrogen and oxygen atoms in total. The predicted molar refractivity (Wildman–Crippen MR) is 70.9 cm³/mol. The Balaban J connectivity index is 1.90. The summed E-state index contributed by atoms with van der Waals surface area (Å²) in [5.41, 5.74) is 2.86. The van der Waals surface area contributed by atoms with Gasteiger partial charge in [-0.15, -0.1) is 0 Å². The monoisotopic (exact) mass is 257 g/mol. The minimum absolute atomic E-state index is 0.392. The number of aromatic nitrogens is 4. The molecule has 0 radical (unpaired) electrons. The molecule has 0 aliphatic rings. The van der Waals surface area contributed by atoms with E-state index in [0.717, 1.165) is 22.7 Å². The van der Waals surface area contributed by atoms with Crippen molar-refractivity contribution < 1.29 is 4.52 Å². The topological polar surface area (TPSA) is 68.2 Å². The Hall–Kier alpha value is -2.37. The molecule has 3 aromatic rings. The van der Waals surface area contributed by atoms with Crippen LogP contribution < -0.4 is 5.32 Å². The van der Waals surface area contributed by atoms with Gasteiger partial charge in [0.1, 0.15) is 17.5 Å². The van der Waals surface area contributed by atoms with Crippen molar-refractivity contribution in [2.45, 2.75) is 26.3 Å². The number of nitrogens with one attached hydrogen (secondary N) is 1. The Bertz CT molecular complexity index is 671. The third-order valence-corrected chi connectivity index (χ3v) is 2.93. The molecule has 3 rings (SSSR count). The number of rotatable bonds is 4. The first-order valence-corrected chi connectivity index (χ1v) is 6.21. The van der Waals surface area contributed by atoms with Crippen LogP contribution in [0.2, 0.25) is 0 Å². The molecule has 0 aliphatic carbocycles. The van der Waals surface area contributed by atoms with E-state index in [1.807, 2.05) is 16.8 Å². The number of anilines is 1. The highest BCUT2D eigenvalue weighted by Gasteiger charge is 2.09. The predicted octanol–water partition coefficient (Wildman–Crippen LogP) is 2.45. The Kier molecular flexibility index (Phi) is 2.91. The van der Waals surface area contributed by atoms with Crippen LogP contribution in [0.4, 0.5) is 5.82 Å². The van der Waals surface area contributed by atoms with Crippen LogP contribution in [-0.2, 0) is 6.54 Å². The van der Waals surface area contributed by atoms with Crippen LogP contribution in [-0.4, -0.2) is 19.8 Å². The highest BCUT2D eigenvalue weighted by molar-refractivity contribution is 5.67. The molecule has 1 N–H and O–H groups in total. The fourth-order valence-electron chi connectivity index (χ4n) is 1.86. The van der Waals surface area contributed by atoms with E-state index in [1.165, 1.54) is 0 Å². The summed E-state index contributed by atoms with van der Waals surface area (Å²) < 4.78 is 6.64. The van der Waals surface area contributed by atoms with Crippen molar-refractivity contribution in [3.8, 4) is 0 Å². The van der Waals surface area contributed by atoms with Gasteiger partial charge >= 0.3 is 0 Å². The zero-order valence-corrected chi connectivity index (χ0v) is 10.9. The van der Waals surface area contributed by atoms with Gasteiger partial charge in [-0.3, -0.25) is 0 Å². The molecular formula is C13H15N5O. The minimum atomic E-state index is 0.392. The molecule has 0 aromatic carbocycles. The molecule has 0 atom stereocenters. The van der Waals surface area contributed by atoms with Crippen LogP contribution in [0.1, 0.15) is 31.2 Å². The highest BCUT2D eigenvalue weighted by atomic mass is 16.5. The second kappa shape index (κ2) is 4.72. The van der Waals surface area contributed by atoms with E-state index in [2.05, 4.69) is 40.5 Å². The van der Waals surface area contributed by atoms with Crippen LogP contribution in [0, 0.1) is 0 Å². The van der Waals surface area contributed by atoms with E-state index in [1.54, 1.807) is 12.5 Å². The van der Waals surface area contributed by atoms with Crippen molar-refractivity contribution in [3.63, 3.8) is 0 Å². The van der Waals surface area contributed by atoms with Gasteiger partial charge in [-0.1, -0.05) is 19.0 Å². The van der Waals surface area contributed by atoms with Gasteiger partial charge in [0.25, 0.3) is 0 Å². The maximum absolute atomic E-state index is 4.80. The molecule has 0 unspecified atom stereocenters. The largest absolute Gasteiger partial charge is 0.364 e. The molecular weight excluding hydrogens is 242 g/mol. The van der Waals surface area contributed by atoms with Crippen molar-refractivity contribution in [2.24, 2.45) is 0 Å². The number of hydrogen-bond acceptors (Lipinski definition) is 5. The molecule has 6 heteroatoms. The fourth-order valence-corrected chi connectivity index (χ4v) is 1.86. The molecule has 0 spiro atoms. The first-order chi connectivity index (χ1) is 9.24. The summed E-state index contributed by atoms with van der Waals surface area (Å²) in [6.07, 6.45) is 5.14. The lowest BCUT2D eigenvalue weighted by Gasteiger charge is -2.04. The summed E-state index contributed by atoms with van der Waals surface area (Å²) in [5, 5.41) is 11.6. The number of hydrogen-bond donors (Lipinski definition) is 1. The molecule has 0 aliphatic heterocycles. The molecule has 19 heavy (non-hydrogen) atoms. The highest BCUT2D eigenvalue weighted by Crippen LogP contribution is 2.20. The molecule has 3 aromatic heterocycles. The second-order valence-electron chi connectivity index (χ2n) is 4.67. The van der Waals surface area contributed by atoms with Crippen molar-refractivity contribution in [3.05, 3.63) is 42.2 Å². The first kappa shape index (κ1) is 11.7. The summed E-state index contributed by atoms with van der Waals surface area (Å²) in [5.74, 6) is 1.19. The Morgan fingerprint density at radius 2 is 2.32 bits per heavy atom. The van der Waals surface area contributed by atoms with Gasteiger partial charge in [-0.25, -0.2) is 9.50 Å². The van der Waals surface area contributed by atoms with Gasteiger partial charge in [0, 0.05) is 18.5 Å². The smallest absolute Gasteiger partial charge is 0.152 e. The van der Waals surface area contributed by atoms with Crippen LogP contribution in [0.15, 0.2) is 35.3 Å². The standard InChI is InChI=1S/C13H15N5O/c1-9(2)11-7-12-13(14-4-5-18(12)16-11)15-8-10-3-6-19-17-10/h3-7,9H,8H2,1-2H3,(H,14,15). The summed E-state index contributed by atoms with van der Waals surface area (Å²) >= 11 is 0. The lowest BCUT2D eigenvalue weighted by molar-refractivity contribution is 0.412. The maximum Gasteiger partial charge on any atom is 0.152 e. The molecule has 0 saturated heterocycles. The Labute approximate surface area is 110 Å². The van der Waals surface area contributed by atoms with E-state index in [9.17, 15) is 0 Å². The lowest BCUT2D eigenvalue weighted by atomic mass is 10.1. The van der Waals surface area contributed by atoms with Crippen LogP contribution in [0.25, 0.3) is 5.52 Å². The van der Waals surface area contributed by atoms with Gasteiger partial charge < -0.3 is 9.84 Å². The van der Waals surface area contributed by atoms with Gasteiger partial charge in [0.2, 0.25) is 0 Å². The molecule has 0 amide bonds. The summed E-state index contributed by atoms with van der Waals surface area (Å²) in [4.78, 5) is 4.35. The van der Waals surface area contributed by atoms with Crippen LogP contribution in [0.5, 0.6) is 0 Å². The zero-order valence-electron chi connectivity index (χ0n) is 10.9. The quantitative estimate of drug-likeness (QED) is 0.777. The van der Waals surface area contributed by atoms with Crippen molar-refractivity contribution in [1.82, 2.24) is 19.8 Å². The summed E-state index contributed by atoms with van der Waals surface area (Å²) in [6.45, 7) is 4.82. The van der Waals surface area contributed by atoms with Gasteiger partial charge in [0.05, 0.1) is 12.2 Å². The Morgan fingerprint density at radius 3 is 3.05 bits per heavy atom. The maximum atomic E-state index is 4.80. The second-order valence-corrected chi connectivity index (χ2v) is 4.67. The van der Waals surface area contributed by atoms with Crippen molar-refractivity contribution in [2.75, 3.05) is 5.32 Å². The minimum Gasteiger partial charge on any atom is -0.364 e. The molecule has 0 fully saturated rings. The fraction of sp³-hybridized carbons (Fsp3) is 0.308. The molecule has 0 bridgehead atoms. The lowest BCUT2D eigenvalue weighted by Crippen LogP contribution is -2.03. The van der Waals surface area contributed by atoms with Gasteiger partial charge in [0.15, 0.2) is 5.82 Å². The summed E-state index contributed by atoms with van der Waals surface area (Å²) in [7, 11) is 0. The average molecular weight is 257 g/mol. The van der Waals surface area contributed by atoms with Crippen LogP contribution >= 0.6 is 0 Å². The normalized spacial score (nSPS) is 11.3. The molecule has 0 saturated carbocycles. The van der Waals surface area contributed by atoms with E-state index in [-0.39, 0.29) is 0 Å². The van der Waals surface area contributed by atoms with E-state index >= 15 is 0 Å². The molecule has 3 heterocycles. The number of nitrogens with zero attached hydrogens (tertiary/aromatic N) is 4. The average Bonchev–Trinajstić information content (AvgIpc) is 3.05. The van der Waals surface area contributed by atoms with E-state index in [0.29, 0.717) is 12.5 Å². The summed E-state index contributed by atoms with van der Waals surface area (Å²) in [6, 6.07) is 3.88. The number of fused-ring (bicyclic) bond motifs is 1. The van der Waals surface area contributed by atoms with Crippen molar-refractivity contribution in [1.29, 1.82) is 0 Å². The Morgan fingerprint density at radius 1 is 1.42 bits per heavy atom. The van der Waals surface area contributed by atoms with Gasteiger partial charge in [-0.05, 0) is 12.0 Å². The van der Waals surface area contributed by atoms with Crippen LogP contribution in [0.3, 0.4) is 0 Å². The zero-order chi connectivity index (χ0) is 13.2. The van der Waals surface area contributed by atoms with Gasteiger partial charge in [-0.2, -0.15) is 5.10 Å². The first-order valence-electron chi connectivity index (χ1n) is 6.21. The third-order valence-electron chi connectivity index (χ3n) is 2.93. The third kappa shape index (κ3) is 2.29. The SMILES string of the molecule is CC(C)c1cc2c(NCc3ccon3)nccn2n1. The molecule has 98 valence electrons. The van der Waals surface area contributed by atoms with E-state index < -0.39 is 0 Å².